The third kappa shape index (κ3) is 4.35. The minimum absolute atomic E-state index is 0.0133. The smallest absolute Gasteiger partial charge is 0.290 e. The van der Waals surface area contributed by atoms with Gasteiger partial charge in [0, 0.05) is 18.5 Å². The quantitative estimate of drug-likeness (QED) is 0.852. The van der Waals surface area contributed by atoms with E-state index >= 15 is 0 Å². The summed E-state index contributed by atoms with van der Waals surface area (Å²) in [5.41, 5.74) is 6.19. The molecular weight excluding hydrogens is 297 g/mol. The predicted octanol–water partition coefficient (Wildman–Crippen LogP) is 2.00. The number of hydrogen-bond donors (Lipinski definition) is 2. The average molecular weight is 319 g/mol. The SMILES string of the molecule is CC(N)CCNC(=O)c1nc(C(C)C)n(-c2cccc(F)c2)n1. The molecule has 1 atom stereocenters. The van der Waals surface area contributed by atoms with Gasteiger partial charge in [0.15, 0.2) is 0 Å². The number of carbonyl (C=O) groups excluding carboxylic acids is 1. The maximum absolute atomic E-state index is 13.4. The van der Waals surface area contributed by atoms with Gasteiger partial charge in [-0.15, -0.1) is 5.10 Å². The van der Waals surface area contributed by atoms with Crippen LogP contribution in [0.25, 0.3) is 5.69 Å². The molecule has 7 heteroatoms. The summed E-state index contributed by atoms with van der Waals surface area (Å²) < 4.78 is 14.9. The lowest BCUT2D eigenvalue weighted by Gasteiger charge is -2.07. The fourth-order valence-corrected chi connectivity index (χ4v) is 2.08. The van der Waals surface area contributed by atoms with Gasteiger partial charge in [0.05, 0.1) is 5.69 Å². The first-order valence-corrected chi connectivity index (χ1v) is 7.65. The van der Waals surface area contributed by atoms with Crippen LogP contribution in [0.4, 0.5) is 4.39 Å². The van der Waals surface area contributed by atoms with Gasteiger partial charge in [-0.3, -0.25) is 4.79 Å². The van der Waals surface area contributed by atoms with Gasteiger partial charge in [0.1, 0.15) is 11.6 Å². The summed E-state index contributed by atoms with van der Waals surface area (Å²) in [5, 5.41) is 6.98. The Morgan fingerprint density at radius 1 is 1.39 bits per heavy atom. The zero-order valence-electron chi connectivity index (χ0n) is 13.6. The normalized spacial score (nSPS) is 12.4. The lowest BCUT2D eigenvalue weighted by Crippen LogP contribution is -2.29. The van der Waals surface area contributed by atoms with Gasteiger partial charge in [-0.2, -0.15) is 0 Å². The standard InChI is InChI=1S/C16H22FN5O/c1-10(2)15-20-14(16(23)19-8-7-11(3)18)21-22(15)13-6-4-5-12(17)9-13/h4-6,9-11H,7-8,18H2,1-3H3,(H,19,23). The summed E-state index contributed by atoms with van der Waals surface area (Å²) in [4.78, 5) is 16.4. The predicted molar refractivity (Wildman–Crippen MR) is 86.0 cm³/mol. The van der Waals surface area contributed by atoms with Crippen molar-refractivity contribution in [3.8, 4) is 5.69 Å². The van der Waals surface area contributed by atoms with Crippen LogP contribution in [-0.4, -0.2) is 33.3 Å². The third-order valence-corrected chi connectivity index (χ3v) is 3.29. The van der Waals surface area contributed by atoms with Crippen LogP contribution < -0.4 is 11.1 Å². The van der Waals surface area contributed by atoms with E-state index in [0.29, 0.717) is 24.5 Å². The second-order valence-corrected chi connectivity index (χ2v) is 5.86. The average Bonchev–Trinajstić information content (AvgIpc) is 2.92. The van der Waals surface area contributed by atoms with Crippen LogP contribution in [0, 0.1) is 5.82 Å². The molecule has 124 valence electrons. The van der Waals surface area contributed by atoms with Crippen LogP contribution in [0.1, 0.15) is 49.6 Å². The molecule has 1 heterocycles. The van der Waals surface area contributed by atoms with Crippen molar-refractivity contribution in [1.82, 2.24) is 20.1 Å². The highest BCUT2D eigenvalue weighted by atomic mass is 19.1. The largest absolute Gasteiger partial charge is 0.349 e. The van der Waals surface area contributed by atoms with E-state index in [1.54, 1.807) is 12.1 Å². The first kappa shape index (κ1) is 17.1. The first-order chi connectivity index (χ1) is 10.9. The van der Waals surface area contributed by atoms with Crippen molar-refractivity contribution in [2.75, 3.05) is 6.54 Å². The number of nitrogens with one attached hydrogen (secondary N) is 1. The molecule has 0 aliphatic carbocycles. The van der Waals surface area contributed by atoms with Gasteiger partial charge in [-0.1, -0.05) is 19.9 Å². The zero-order chi connectivity index (χ0) is 17.0. The summed E-state index contributed by atoms with van der Waals surface area (Å²) >= 11 is 0. The summed E-state index contributed by atoms with van der Waals surface area (Å²) in [6.45, 7) is 6.22. The zero-order valence-corrected chi connectivity index (χ0v) is 13.6. The van der Waals surface area contributed by atoms with Crippen molar-refractivity contribution in [3.63, 3.8) is 0 Å². The highest BCUT2D eigenvalue weighted by molar-refractivity contribution is 5.90. The number of halogens is 1. The molecule has 2 aromatic rings. The van der Waals surface area contributed by atoms with E-state index in [-0.39, 0.29) is 29.5 Å². The molecule has 0 saturated carbocycles. The molecule has 0 aliphatic rings. The Bertz CT molecular complexity index is 681. The monoisotopic (exact) mass is 319 g/mol. The molecule has 0 aliphatic heterocycles. The van der Waals surface area contributed by atoms with Gasteiger partial charge in [-0.05, 0) is 31.5 Å². The van der Waals surface area contributed by atoms with Gasteiger partial charge in [0.25, 0.3) is 5.91 Å². The van der Waals surface area contributed by atoms with E-state index in [4.69, 9.17) is 5.73 Å². The van der Waals surface area contributed by atoms with E-state index in [1.165, 1.54) is 16.8 Å². The first-order valence-electron chi connectivity index (χ1n) is 7.65. The molecule has 0 fully saturated rings. The lowest BCUT2D eigenvalue weighted by atomic mass is 10.2. The highest BCUT2D eigenvalue weighted by Gasteiger charge is 2.19. The Balaban J connectivity index is 2.26. The maximum Gasteiger partial charge on any atom is 0.290 e. The van der Waals surface area contributed by atoms with Crippen LogP contribution in [0.2, 0.25) is 0 Å². The number of hydrogen-bond acceptors (Lipinski definition) is 4. The van der Waals surface area contributed by atoms with Crippen LogP contribution >= 0.6 is 0 Å². The molecule has 1 amide bonds. The molecule has 1 aromatic heterocycles. The van der Waals surface area contributed by atoms with Crippen molar-refractivity contribution >= 4 is 5.91 Å². The van der Waals surface area contributed by atoms with Gasteiger partial charge >= 0.3 is 0 Å². The molecular formula is C16H22FN5O. The molecule has 0 bridgehead atoms. The molecule has 0 spiro atoms. The topological polar surface area (TPSA) is 85.8 Å². The number of rotatable bonds is 6. The van der Waals surface area contributed by atoms with Crippen molar-refractivity contribution < 1.29 is 9.18 Å². The highest BCUT2D eigenvalue weighted by Crippen LogP contribution is 2.18. The van der Waals surface area contributed by atoms with Gasteiger partial charge in [-0.25, -0.2) is 14.1 Å². The molecule has 1 unspecified atom stereocenters. The Morgan fingerprint density at radius 2 is 2.13 bits per heavy atom. The molecule has 6 nitrogen and oxygen atoms in total. The third-order valence-electron chi connectivity index (χ3n) is 3.29. The minimum atomic E-state index is -0.365. The lowest BCUT2D eigenvalue weighted by molar-refractivity contribution is 0.0942. The Hall–Kier alpha value is -2.28. The summed E-state index contributed by atoms with van der Waals surface area (Å²) in [5.74, 6) is -0.00898. The molecule has 0 radical (unpaired) electrons. The van der Waals surface area contributed by atoms with E-state index in [1.807, 2.05) is 20.8 Å². The van der Waals surface area contributed by atoms with E-state index in [0.717, 1.165) is 0 Å². The van der Waals surface area contributed by atoms with Crippen LogP contribution in [0.3, 0.4) is 0 Å². The van der Waals surface area contributed by atoms with Crippen molar-refractivity contribution in [3.05, 3.63) is 41.7 Å². The Morgan fingerprint density at radius 3 is 2.74 bits per heavy atom. The molecule has 3 N–H and O–H groups in total. The molecule has 1 aromatic carbocycles. The number of carbonyl (C=O) groups is 1. The maximum atomic E-state index is 13.4. The summed E-state index contributed by atoms with van der Waals surface area (Å²) in [7, 11) is 0. The Kier molecular flexibility index (Phi) is 5.44. The number of benzene rings is 1. The molecule has 2 rings (SSSR count). The van der Waals surface area contributed by atoms with Crippen LogP contribution in [0.5, 0.6) is 0 Å². The number of nitrogens with zero attached hydrogens (tertiary/aromatic N) is 3. The number of nitrogens with two attached hydrogens (primary N) is 1. The van der Waals surface area contributed by atoms with Gasteiger partial charge in [0.2, 0.25) is 5.82 Å². The van der Waals surface area contributed by atoms with Gasteiger partial charge < -0.3 is 11.1 Å². The minimum Gasteiger partial charge on any atom is -0.349 e. The Labute approximate surface area is 134 Å². The fraction of sp³-hybridized carbons (Fsp3) is 0.438. The number of aromatic nitrogens is 3. The van der Waals surface area contributed by atoms with Crippen molar-refractivity contribution in [1.29, 1.82) is 0 Å². The van der Waals surface area contributed by atoms with Crippen molar-refractivity contribution in [2.45, 2.75) is 39.2 Å². The molecule has 0 saturated heterocycles. The van der Waals surface area contributed by atoms with E-state index < -0.39 is 0 Å². The summed E-state index contributed by atoms with van der Waals surface area (Å²) in [6.07, 6.45) is 0.674. The van der Waals surface area contributed by atoms with Crippen molar-refractivity contribution in [2.24, 2.45) is 5.73 Å². The van der Waals surface area contributed by atoms with Crippen LogP contribution in [-0.2, 0) is 0 Å². The van der Waals surface area contributed by atoms with Crippen LogP contribution in [0.15, 0.2) is 24.3 Å². The second-order valence-electron chi connectivity index (χ2n) is 5.86. The fourth-order valence-electron chi connectivity index (χ4n) is 2.08. The van der Waals surface area contributed by atoms with E-state index in [2.05, 4.69) is 15.4 Å². The molecule has 23 heavy (non-hydrogen) atoms. The number of amides is 1. The summed E-state index contributed by atoms with van der Waals surface area (Å²) in [6, 6.07) is 6.05. The second kappa shape index (κ2) is 7.32. The van der Waals surface area contributed by atoms with E-state index in [9.17, 15) is 9.18 Å².